The quantitative estimate of drug-likeness (QED) is 0.107. The molecular formula is C30H41Cl2N10O5P. The zero-order valence-electron chi connectivity index (χ0n) is 27.6. The number of fused-ring (bicyclic) bond motifs is 2. The smallest absolute Gasteiger partial charge is 0.396 e. The van der Waals surface area contributed by atoms with Crippen molar-refractivity contribution in [1.82, 2.24) is 39.0 Å². The van der Waals surface area contributed by atoms with Crippen molar-refractivity contribution in [3.8, 4) is 0 Å². The molecule has 4 aromatic heterocycles. The molecule has 0 fully saturated rings. The van der Waals surface area contributed by atoms with E-state index in [0.29, 0.717) is 28.7 Å². The highest BCUT2D eigenvalue weighted by Gasteiger charge is 2.38. The molecule has 0 saturated heterocycles. The minimum Gasteiger partial charge on any atom is -0.396 e. The van der Waals surface area contributed by atoms with Crippen molar-refractivity contribution in [2.45, 2.75) is 77.7 Å². The maximum atomic E-state index is 13.2. The lowest BCUT2D eigenvalue weighted by atomic mass is 10.1. The summed E-state index contributed by atoms with van der Waals surface area (Å²) in [7, 11) is -3.75. The molecule has 4 aromatic rings. The predicted octanol–water partition coefficient (Wildman–Crippen LogP) is 6.11. The number of imidazole rings is 2. The topological polar surface area (TPSA) is 204 Å². The van der Waals surface area contributed by atoms with E-state index in [2.05, 4.69) is 29.9 Å². The number of allylic oxidation sites excluding steroid dienone is 2. The fraction of sp³-hybridized carbons (Fsp3) is 0.533. The summed E-state index contributed by atoms with van der Waals surface area (Å²) in [6, 6.07) is 0.109. The molecule has 0 unspecified atom stereocenters. The third kappa shape index (κ3) is 8.70. The predicted molar refractivity (Wildman–Crippen MR) is 184 cm³/mol. The van der Waals surface area contributed by atoms with E-state index >= 15 is 0 Å². The van der Waals surface area contributed by atoms with Crippen LogP contribution in [0.3, 0.4) is 0 Å². The van der Waals surface area contributed by atoms with Crippen molar-refractivity contribution in [3.63, 3.8) is 0 Å². The van der Waals surface area contributed by atoms with Gasteiger partial charge in [0.2, 0.25) is 11.9 Å². The highest BCUT2D eigenvalue weighted by atomic mass is 35.5. The standard InChI is InChI=1S/C19H29ClN5O4P.C11H12ClN5O/c1-18(2,3)28-30(26,29-19(4,5)6)27-10-12-7-8-13(9-12)25-11-22-14-15(20)23-17(21)24-16(14)25;12-9-8-10(16-11(13)15-9)17(5-14-8)7-2-1-6(3-7)4-18/h7-8,11-13H,9-10H2,1-6H3,(H2,21,23,24);1-2,5-7,18H,3-4H2,(H2,13,15,16)/t12-,13+;6-,7+/m11/s1. The summed E-state index contributed by atoms with van der Waals surface area (Å²) >= 11 is 12.1. The fourth-order valence-electron chi connectivity index (χ4n) is 5.39. The molecule has 2 aliphatic carbocycles. The SMILES string of the molecule is CC(C)(C)OP(=O)(OC[C@@H]1C=C[C@H](n2cnc3c(Cl)nc(N)nc32)C1)OC(C)(C)C.Nc1nc(Cl)c2ncn([C@H]3C=C[C@@H](CO)C3)c2n1. The number of aromatic nitrogens is 8. The van der Waals surface area contributed by atoms with Crippen LogP contribution in [0, 0.1) is 11.8 Å². The van der Waals surface area contributed by atoms with E-state index in [9.17, 15) is 4.57 Å². The second kappa shape index (κ2) is 14.0. The molecule has 5 N–H and O–H groups in total. The summed E-state index contributed by atoms with van der Waals surface area (Å²) in [5.74, 6) is 0.426. The molecule has 0 spiro atoms. The number of nitrogens with zero attached hydrogens (tertiary/aromatic N) is 8. The van der Waals surface area contributed by atoms with E-state index in [1.54, 1.807) is 12.7 Å². The van der Waals surface area contributed by atoms with Crippen molar-refractivity contribution in [2.24, 2.45) is 11.8 Å². The first-order valence-electron chi connectivity index (χ1n) is 15.4. The van der Waals surface area contributed by atoms with Gasteiger partial charge in [-0.2, -0.15) is 19.9 Å². The van der Waals surface area contributed by atoms with Crippen molar-refractivity contribution >= 4 is 65.2 Å². The molecule has 260 valence electrons. The van der Waals surface area contributed by atoms with E-state index in [1.807, 2.05) is 75.0 Å². The van der Waals surface area contributed by atoms with Gasteiger partial charge in [0, 0.05) is 18.4 Å². The van der Waals surface area contributed by atoms with Crippen LogP contribution in [0.2, 0.25) is 10.3 Å². The Balaban J connectivity index is 0.000000212. The van der Waals surface area contributed by atoms with Crippen LogP contribution in [-0.4, -0.2) is 68.6 Å². The Morgan fingerprint density at radius 1 is 0.792 bits per heavy atom. The van der Waals surface area contributed by atoms with Crippen LogP contribution >= 0.6 is 31.0 Å². The van der Waals surface area contributed by atoms with Crippen LogP contribution in [0.5, 0.6) is 0 Å². The number of aliphatic hydroxyl groups is 1. The summed E-state index contributed by atoms with van der Waals surface area (Å²) in [6.07, 6.45) is 13.0. The van der Waals surface area contributed by atoms with Crippen molar-refractivity contribution in [2.75, 3.05) is 24.7 Å². The van der Waals surface area contributed by atoms with Gasteiger partial charge in [-0.15, -0.1) is 0 Å². The zero-order chi connectivity index (χ0) is 35.0. The first-order chi connectivity index (χ1) is 22.4. The largest absolute Gasteiger partial charge is 0.475 e. The molecule has 4 heterocycles. The minimum absolute atomic E-state index is 0.0135. The number of nitrogen functional groups attached to an aromatic ring is 2. The third-order valence-electron chi connectivity index (χ3n) is 7.26. The maximum absolute atomic E-state index is 13.2. The van der Waals surface area contributed by atoms with E-state index in [-0.39, 0.29) is 59.3 Å². The van der Waals surface area contributed by atoms with Gasteiger partial charge in [0.15, 0.2) is 21.6 Å². The Bertz CT molecular complexity index is 1860. The maximum Gasteiger partial charge on any atom is 0.475 e. The third-order valence-corrected chi connectivity index (χ3v) is 9.79. The van der Waals surface area contributed by atoms with Crippen molar-refractivity contribution < 1.29 is 23.2 Å². The second-order valence-corrected chi connectivity index (χ2v) is 15.9. The summed E-state index contributed by atoms with van der Waals surface area (Å²) in [4.78, 5) is 24.7. The highest BCUT2D eigenvalue weighted by Crippen LogP contribution is 2.56. The number of hydrogen-bond acceptors (Lipinski definition) is 13. The average Bonchev–Trinajstić information content (AvgIpc) is 3.75. The lowest BCUT2D eigenvalue weighted by Crippen LogP contribution is -2.25. The van der Waals surface area contributed by atoms with Crippen LogP contribution in [0.15, 0.2) is 37.0 Å². The summed E-state index contributed by atoms with van der Waals surface area (Å²) in [5.41, 5.74) is 12.2. The molecule has 0 saturated carbocycles. The molecule has 0 amide bonds. The molecular weight excluding hydrogens is 682 g/mol. The molecule has 0 bridgehead atoms. The highest BCUT2D eigenvalue weighted by molar-refractivity contribution is 7.48. The monoisotopic (exact) mass is 722 g/mol. The Hall–Kier alpha value is -3.17. The number of phosphoric ester groups is 1. The van der Waals surface area contributed by atoms with Gasteiger partial charge in [-0.1, -0.05) is 47.5 Å². The zero-order valence-corrected chi connectivity index (χ0v) is 30.0. The number of hydrogen-bond donors (Lipinski definition) is 3. The van der Waals surface area contributed by atoms with Gasteiger partial charge in [-0.05, 0) is 54.4 Å². The van der Waals surface area contributed by atoms with Gasteiger partial charge >= 0.3 is 7.82 Å². The Kier molecular flexibility index (Phi) is 10.5. The molecule has 0 aromatic carbocycles. The number of anilines is 2. The van der Waals surface area contributed by atoms with E-state index in [4.69, 9.17) is 53.3 Å². The first-order valence-corrected chi connectivity index (χ1v) is 17.6. The van der Waals surface area contributed by atoms with Gasteiger partial charge in [0.05, 0.1) is 42.5 Å². The van der Waals surface area contributed by atoms with Crippen LogP contribution in [-0.2, 0) is 18.1 Å². The molecule has 0 radical (unpaired) electrons. The summed E-state index contributed by atoms with van der Waals surface area (Å²) in [6.45, 7) is 11.2. The van der Waals surface area contributed by atoms with Crippen LogP contribution in [0.4, 0.5) is 11.9 Å². The van der Waals surface area contributed by atoms with E-state index < -0.39 is 19.0 Å². The molecule has 2 aliphatic rings. The first kappa shape index (κ1) is 36.1. The molecule has 48 heavy (non-hydrogen) atoms. The lowest BCUT2D eigenvalue weighted by Gasteiger charge is -2.31. The molecule has 0 aliphatic heterocycles. The van der Waals surface area contributed by atoms with Crippen molar-refractivity contribution in [1.29, 1.82) is 0 Å². The fourth-order valence-corrected chi connectivity index (χ4v) is 7.69. The molecule has 18 heteroatoms. The second-order valence-electron chi connectivity index (χ2n) is 13.6. The van der Waals surface area contributed by atoms with Gasteiger partial charge in [-0.3, -0.25) is 13.6 Å². The Morgan fingerprint density at radius 3 is 1.65 bits per heavy atom. The summed E-state index contributed by atoms with van der Waals surface area (Å²) < 4.78 is 34.1. The van der Waals surface area contributed by atoms with Gasteiger partial charge in [0.25, 0.3) is 0 Å². The Morgan fingerprint density at radius 2 is 1.23 bits per heavy atom. The van der Waals surface area contributed by atoms with Crippen LogP contribution in [0.25, 0.3) is 22.3 Å². The minimum atomic E-state index is -3.75. The normalized spacial score (nSPS) is 21.4. The van der Waals surface area contributed by atoms with Crippen LogP contribution in [0.1, 0.15) is 66.5 Å². The number of rotatable bonds is 8. The van der Waals surface area contributed by atoms with Gasteiger partial charge < -0.3 is 25.7 Å². The number of phosphoric acid groups is 1. The number of aliphatic hydroxyl groups excluding tert-OH is 1. The van der Waals surface area contributed by atoms with E-state index in [1.165, 1.54) is 0 Å². The Labute approximate surface area is 288 Å². The average molecular weight is 724 g/mol. The number of halogens is 2. The molecule has 4 atom stereocenters. The van der Waals surface area contributed by atoms with Crippen molar-refractivity contribution in [3.05, 3.63) is 47.3 Å². The van der Waals surface area contributed by atoms with Crippen LogP contribution < -0.4 is 11.5 Å². The molecule has 6 rings (SSSR count). The summed E-state index contributed by atoms with van der Waals surface area (Å²) in [5, 5.41) is 9.62. The van der Waals surface area contributed by atoms with E-state index in [0.717, 1.165) is 6.42 Å². The van der Waals surface area contributed by atoms with Gasteiger partial charge in [0.1, 0.15) is 11.0 Å². The molecule has 15 nitrogen and oxygen atoms in total. The van der Waals surface area contributed by atoms with Gasteiger partial charge in [-0.25, -0.2) is 14.5 Å². The number of nitrogens with two attached hydrogens (primary N) is 2. The lowest BCUT2D eigenvalue weighted by molar-refractivity contribution is 0.000457.